The average Bonchev–Trinajstić information content (AvgIpc) is 2.64. The molecule has 2 aliphatic heterocycles. The zero-order chi connectivity index (χ0) is 18.4. The molecular formula is C20H33ClIN5. The maximum Gasteiger partial charge on any atom is 0.193 e. The molecule has 2 fully saturated rings. The Morgan fingerprint density at radius 3 is 2.67 bits per heavy atom. The highest BCUT2D eigenvalue weighted by Crippen LogP contribution is 2.15. The fourth-order valence-electron chi connectivity index (χ4n) is 4.02. The Labute approximate surface area is 186 Å². The number of halogens is 2. The molecular weight excluding hydrogens is 473 g/mol. The van der Waals surface area contributed by atoms with Gasteiger partial charge in [-0.1, -0.05) is 23.7 Å². The fraction of sp³-hybridized carbons (Fsp3) is 0.650. The van der Waals surface area contributed by atoms with Gasteiger partial charge in [-0.2, -0.15) is 0 Å². The summed E-state index contributed by atoms with van der Waals surface area (Å²) in [4.78, 5) is 11.8. The summed E-state index contributed by atoms with van der Waals surface area (Å²) >= 11 is 6.10. The molecule has 0 amide bonds. The lowest BCUT2D eigenvalue weighted by molar-refractivity contribution is 0.170. The predicted molar refractivity (Wildman–Crippen MR) is 125 cm³/mol. The molecule has 0 bridgehead atoms. The van der Waals surface area contributed by atoms with Crippen molar-refractivity contribution in [3.63, 3.8) is 0 Å². The first kappa shape index (κ1) is 22.7. The van der Waals surface area contributed by atoms with Gasteiger partial charge in [0.1, 0.15) is 0 Å². The third-order valence-electron chi connectivity index (χ3n) is 5.45. The minimum absolute atomic E-state index is 0. The van der Waals surface area contributed by atoms with Gasteiger partial charge in [0.25, 0.3) is 0 Å². The van der Waals surface area contributed by atoms with E-state index in [4.69, 9.17) is 11.6 Å². The van der Waals surface area contributed by atoms with Crippen LogP contribution < -0.4 is 5.32 Å². The zero-order valence-electron chi connectivity index (χ0n) is 16.5. The number of rotatable bonds is 4. The highest BCUT2D eigenvalue weighted by atomic mass is 127. The van der Waals surface area contributed by atoms with Crippen molar-refractivity contribution in [2.45, 2.75) is 19.4 Å². The first-order valence-electron chi connectivity index (χ1n) is 9.75. The van der Waals surface area contributed by atoms with Crippen molar-refractivity contribution >= 4 is 41.5 Å². The normalized spacial score (nSPS) is 22.4. The van der Waals surface area contributed by atoms with Crippen LogP contribution in [0.25, 0.3) is 0 Å². The van der Waals surface area contributed by atoms with Crippen molar-refractivity contribution in [2.24, 2.45) is 10.9 Å². The molecule has 1 atom stereocenters. The summed E-state index contributed by atoms with van der Waals surface area (Å²) in [7, 11) is 4.12. The van der Waals surface area contributed by atoms with Crippen molar-refractivity contribution in [2.75, 3.05) is 59.9 Å². The number of guanidine groups is 1. The molecule has 0 aromatic heterocycles. The highest BCUT2D eigenvalue weighted by Gasteiger charge is 2.22. The monoisotopic (exact) mass is 505 g/mol. The lowest BCUT2D eigenvalue weighted by Gasteiger charge is -2.37. The minimum Gasteiger partial charge on any atom is -0.356 e. The molecule has 0 aliphatic carbocycles. The number of piperidine rings is 1. The smallest absolute Gasteiger partial charge is 0.193 e. The van der Waals surface area contributed by atoms with Crippen molar-refractivity contribution in [1.29, 1.82) is 0 Å². The summed E-state index contributed by atoms with van der Waals surface area (Å²) in [6, 6.07) is 8.18. The SMILES string of the molecule is CN=C(NCC1CCCN(C)C1)N1CCN(Cc2cccc(Cl)c2)CC1.I. The van der Waals surface area contributed by atoms with E-state index in [1.807, 2.05) is 19.2 Å². The number of hydrogen-bond donors (Lipinski definition) is 1. The van der Waals surface area contributed by atoms with E-state index in [-0.39, 0.29) is 24.0 Å². The molecule has 0 spiro atoms. The van der Waals surface area contributed by atoms with Gasteiger partial charge in [0.15, 0.2) is 5.96 Å². The van der Waals surface area contributed by atoms with Gasteiger partial charge in [-0.15, -0.1) is 24.0 Å². The van der Waals surface area contributed by atoms with Crippen LogP contribution in [0, 0.1) is 5.92 Å². The Morgan fingerprint density at radius 1 is 1.22 bits per heavy atom. The number of nitrogens with one attached hydrogen (secondary N) is 1. The molecule has 1 aromatic rings. The summed E-state index contributed by atoms with van der Waals surface area (Å²) in [5, 5.41) is 4.43. The van der Waals surface area contributed by atoms with E-state index in [9.17, 15) is 0 Å². The molecule has 7 heteroatoms. The molecule has 3 rings (SSSR count). The molecule has 2 heterocycles. The van der Waals surface area contributed by atoms with Crippen LogP contribution in [0.15, 0.2) is 29.3 Å². The predicted octanol–water partition coefficient (Wildman–Crippen LogP) is 2.99. The Hall–Kier alpha value is -0.570. The molecule has 2 aliphatic rings. The van der Waals surface area contributed by atoms with E-state index in [1.165, 1.54) is 31.5 Å². The van der Waals surface area contributed by atoms with Crippen molar-refractivity contribution in [3.05, 3.63) is 34.9 Å². The Balaban J connectivity index is 0.00000261. The Bertz CT molecular complexity index is 604. The third kappa shape index (κ3) is 7.07. The second-order valence-corrected chi connectivity index (χ2v) is 8.03. The van der Waals surface area contributed by atoms with Crippen LogP contribution in [0.2, 0.25) is 5.02 Å². The van der Waals surface area contributed by atoms with Gasteiger partial charge < -0.3 is 15.1 Å². The summed E-state index contributed by atoms with van der Waals surface area (Å²) in [6.07, 6.45) is 2.63. The minimum atomic E-state index is 0. The quantitative estimate of drug-likeness (QED) is 0.388. The van der Waals surface area contributed by atoms with Gasteiger partial charge in [0.05, 0.1) is 0 Å². The van der Waals surface area contributed by atoms with Crippen LogP contribution in [0.3, 0.4) is 0 Å². The summed E-state index contributed by atoms with van der Waals surface area (Å²) < 4.78 is 0. The lowest BCUT2D eigenvalue weighted by Crippen LogP contribution is -2.53. The number of hydrogen-bond acceptors (Lipinski definition) is 3. The van der Waals surface area contributed by atoms with E-state index in [0.29, 0.717) is 0 Å². The first-order valence-corrected chi connectivity index (χ1v) is 10.1. The second-order valence-electron chi connectivity index (χ2n) is 7.59. The van der Waals surface area contributed by atoms with E-state index >= 15 is 0 Å². The van der Waals surface area contributed by atoms with E-state index in [1.54, 1.807) is 0 Å². The fourth-order valence-corrected chi connectivity index (χ4v) is 4.23. The van der Waals surface area contributed by atoms with Gasteiger partial charge in [-0.25, -0.2) is 0 Å². The molecule has 1 unspecified atom stereocenters. The molecule has 27 heavy (non-hydrogen) atoms. The van der Waals surface area contributed by atoms with Crippen LogP contribution in [-0.2, 0) is 6.54 Å². The molecule has 152 valence electrons. The maximum atomic E-state index is 6.10. The van der Waals surface area contributed by atoms with Gasteiger partial charge in [0.2, 0.25) is 0 Å². The van der Waals surface area contributed by atoms with Crippen LogP contribution in [-0.4, -0.2) is 80.6 Å². The van der Waals surface area contributed by atoms with Crippen molar-refractivity contribution in [1.82, 2.24) is 20.0 Å². The molecule has 5 nitrogen and oxygen atoms in total. The molecule has 1 aromatic carbocycles. The number of benzene rings is 1. The van der Waals surface area contributed by atoms with E-state index in [2.05, 4.69) is 44.2 Å². The first-order chi connectivity index (χ1) is 12.6. The standard InChI is InChI=1S/C20H32ClN5.HI/c1-22-20(23-14-18-6-4-8-24(2)15-18)26-11-9-25(10-12-26)16-17-5-3-7-19(21)13-17;/h3,5,7,13,18H,4,6,8-12,14-16H2,1-2H3,(H,22,23);1H. The summed E-state index contributed by atoms with van der Waals surface area (Å²) in [5.74, 6) is 1.79. The molecule has 0 radical (unpaired) electrons. The zero-order valence-corrected chi connectivity index (χ0v) is 19.6. The second kappa shape index (κ2) is 11.4. The van der Waals surface area contributed by atoms with Crippen LogP contribution in [0.1, 0.15) is 18.4 Å². The average molecular weight is 506 g/mol. The molecule has 1 N–H and O–H groups in total. The van der Waals surface area contributed by atoms with Gasteiger partial charge in [-0.3, -0.25) is 9.89 Å². The van der Waals surface area contributed by atoms with Gasteiger partial charge in [-0.05, 0) is 50.0 Å². The Kier molecular flexibility index (Phi) is 9.62. The lowest BCUT2D eigenvalue weighted by atomic mass is 9.98. The number of aliphatic imine (C=N–C) groups is 1. The molecule has 0 saturated carbocycles. The number of likely N-dealkylation sites (tertiary alicyclic amines) is 1. The van der Waals surface area contributed by atoms with Gasteiger partial charge in [0, 0.05) is 57.9 Å². The molecule has 2 saturated heterocycles. The number of piperazine rings is 1. The van der Waals surface area contributed by atoms with Crippen molar-refractivity contribution < 1.29 is 0 Å². The maximum absolute atomic E-state index is 6.10. The topological polar surface area (TPSA) is 34.1 Å². The Morgan fingerprint density at radius 2 is 2.00 bits per heavy atom. The van der Waals surface area contributed by atoms with Crippen LogP contribution in [0.5, 0.6) is 0 Å². The summed E-state index contributed by atoms with van der Waals surface area (Å²) in [6.45, 7) is 8.57. The number of nitrogens with zero attached hydrogens (tertiary/aromatic N) is 4. The highest BCUT2D eigenvalue weighted by molar-refractivity contribution is 14.0. The van der Waals surface area contributed by atoms with Gasteiger partial charge >= 0.3 is 0 Å². The van der Waals surface area contributed by atoms with E-state index in [0.717, 1.165) is 56.2 Å². The largest absolute Gasteiger partial charge is 0.356 e. The van der Waals surface area contributed by atoms with Crippen LogP contribution in [0.4, 0.5) is 0 Å². The summed E-state index contributed by atoms with van der Waals surface area (Å²) in [5.41, 5.74) is 1.29. The van der Waals surface area contributed by atoms with Crippen molar-refractivity contribution in [3.8, 4) is 0 Å². The van der Waals surface area contributed by atoms with Crippen LogP contribution >= 0.6 is 35.6 Å². The van der Waals surface area contributed by atoms with E-state index < -0.39 is 0 Å². The third-order valence-corrected chi connectivity index (χ3v) is 5.68.